The van der Waals surface area contributed by atoms with Gasteiger partial charge in [-0.3, -0.25) is 0 Å². The van der Waals surface area contributed by atoms with E-state index in [2.05, 4.69) is 4.72 Å². The van der Waals surface area contributed by atoms with E-state index < -0.39 is 38.5 Å². The van der Waals surface area contributed by atoms with Crippen LogP contribution < -0.4 is 9.62 Å². The predicted octanol–water partition coefficient (Wildman–Crippen LogP) is 3.66. The first-order valence-corrected chi connectivity index (χ1v) is 10.2. The molecule has 0 atom stereocenters. The third-order valence-corrected chi connectivity index (χ3v) is 6.26. The monoisotopic (exact) mass is 427 g/mol. The zero-order valence-electron chi connectivity index (χ0n) is 15.1. The van der Waals surface area contributed by atoms with Gasteiger partial charge in [0.15, 0.2) is 0 Å². The number of piperidine rings is 1. The van der Waals surface area contributed by atoms with Crippen LogP contribution in [0.4, 0.5) is 23.2 Å². The summed E-state index contributed by atoms with van der Waals surface area (Å²) in [6.45, 7) is 1.01. The molecule has 1 aliphatic heterocycles. The first-order valence-electron chi connectivity index (χ1n) is 8.74. The van der Waals surface area contributed by atoms with Gasteiger partial charge >= 0.3 is 6.18 Å². The van der Waals surface area contributed by atoms with Crippen molar-refractivity contribution in [3.05, 3.63) is 59.4 Å². The number of anilines is 1. The number of sulfonamides is 1. The maximum atomic E-state index is 13.9. The Morgan fingerprint density at radius 1 is 1.07 bits per heavy atom. The number of rotatable bonds is 4. The SMILES string of the molecule is N#Cc1ccc(N2CCC(NS(=O)(=O)c3cc(C(F)(F)F)ccc3F)CC2)cc1. The van der Waals surface area contributed by atoms with Crippen molar-refractivity contribution in [1.29, 1.82) is 5.26 Å². The number of halogens is 4. The molecule has 1 N–H and O–H groups in total. The second kappa shape index (κ2) is 8.00. The molecule has 29 heavy (non-hydrogen) atoms. The lowest BCUT2D eigenvalue weighted by molar-refractivity contribution is -0.137. The maximum absolute atomic E-state index is 13.9. The van der Waals surface area contributed by atoms with Crippen LogP contribution in [0.1, 0.15) is 24.0 Å². The van der Waals surface area contributed by atoms with E-state index in [0.29, 0.717) is 49.7 Å². The fourth-order valence-electron chi connectivity index (χ4n) is 3.17. The van der Waals surface area contributed by atoms with Crippen LogP contribution in [0.15, 0.2) is 47.4 Å². The minimum absolute atomic E-state index is 0.309. The van der Waals surface area contributed by atoms with Crippen molar-refractivity contribution >= 4 is 15.7 Å². The lowest BCUT2D eigenvalue weighted by Gasteiger charge is -2.33. The number of nitrogens with one attached hydrogen (secondary N) is 1. The third-order valence-electron chi connectivity index (χ3n) is 4.73. The van der Waals surface area contributed by atoms with E-state index in [1.54, 1.807) is 24.3 Å². The highest BCUT2D eigenvalue weighted by Gasteiger charge is 2.34. The molecule has 1 fully saturated rings. The molecule has 3 rings (SSSR count). The van der Waals surface area contributed by atoms with E-state index >= 15 is 0 Å². The highest BCUT2D eigenvalue weighted by molar-refractivity contribution is 7.89. The normalized spacial score (nSPS) is 15.9. The van der Waals surface area contributed by atoms with Gasteiger partial charge in [0.25, 0.3) is 0 Å². The molecule has 1 aliphatic rings. The smallest absolute Gasteiger partial charge is 0.371 e. The number of hydrogen-bond donors (Lipinski definition) is 1. The van der Waals surface area contributed by atoms with Crippen LogP contribution in [0.5, 0.6) is 0 Å². The minimum Gasteiger partial charge on any atom is -0.371 e. The van der Waals surface area contributed by atoms with E-state index in [-0.39, 0.29) is 0 Å². The molecule has 0 radical (unpaired) electrons. The molecule has 2 aromatic carbocycles. The van der Waals surface area contributed by atoms with Crippen molar-refractivity contribution < 1.29 is 26.0 Å². The summed E-state index contributed by atoms with van der Waals surface area (Å²) in [6.07, 6.45) is -3.97. The topological polar surface area (TPSA) is 73.2 Å². The van der Waals surface area contributed by atoms with Gasteiger partial charge in [-0.15, -0.1) is 0 Å². The number of benzene rings is 2. The van der Waals surface area contributed by atoms with Crippen LogP contribution in [0.3, 0.4) is 0 Å². The Morgan fingerprint density at radius 3 is 2.24 bits per heavy atom. The quantitative estimate of drug-likeness (QED) is 0.756. The van der Waals surface area contributed by atoms with Gasteiger partial charge < -0.3 is 4.90 Å². The molecular formula is C19H17F4N3O2S. The second-order valence-corrected chi connectivity index (χ2v) is 8.37. The van der Waals surface area contributed by atoms with Gasteiger partial charge in [-0.05, 0) is 55.3 Å². The van der Waals surface area contributed by atoms with Crippen LogP contribution in [0.25, 0.3) is 0 Å². The summed E-state index contributed by atoms with van der Waals surface area (Å²) in [4.78, 5) is 0.999. The van der Waals surface area contributed by atoms with Crippen molar-refractivity contribution in [2.45, 2.75) is 30.0 Å². The molecule has 1 saturated heterocycles. The van der Waals surface area contributed by atoms with Gasteiger partial charge in [-0.25, -0.2) is 17.5 Å². The average molecular weight is 427 g/mol. The zero-order chi connectivity index (χ0) is 21.2. The van der Waals surface area contributed by atoms with Crippen molar-refractivity contribution in [3.8, 4) is 6.07 Å². The zero-order valence-corrected chi connectivity index (χ0v) is 15.9. The largest absolute Gasteiger partial charge is 0.416 e. The van der Waals surface area contributed by atoms with E-state index in [9.17, 15) is 26.0 Å². The Balaban J connectivity index is 1.69. The molecule has 0 amide bonds. The molecule has 0 aliphatic carbocycles. The lowest BCUT2D eigenvalue weighted by atomic mass is 10.1. The lowest BCUT2D eigenvalue weighted by Crippen LogP contribution is -2.44. The summed E-state index contributed by atoms with van der Waals surface area (Å²) in [7, 11) is -4.44. The molecule has 5 nitrogen and oxygen atoms in total. The van der Waals surface area contributed by atoms with Crippen LogP contribution >= 0.6 is 0 Å². The Labute approximate surface area is 165 Å². The fourth-order valence-corrected chi connectivity index (χ4v) is 4.58. The van der Waals surface area contributed by atoms with Crippen LogP contribution in [-0.4, -0.2) is 27.5 Å². The fraction of sp³-hybridized carbons (Fsp3) is 0.316. The molecule has 0 saturated carbocycles. The summed E-state index contributed by atoms with van der Waals surface area (Å²) in [5.74, 6) is -1.24. The van der Waals surface area contributed by atoms with Gasteiger partial charge in [-0.1, -0.05) is 0 Å². The maximum Gasteiger partial charge on any atom is 0.416 e. The number of nitrogens with zero attached hydrogens (tertiary/aromatic N) is 2. The van der Waals surface area contributed by atoms with E-state index in [1.807, 2.05) is 11.0 Å². The highest BCUT2D eigenvalue weighted by atomic mass is 32.2. The third kappa shape index (κ3) is 4.86. The first-order chi connectivity index (χ1) is 13.6. The van der Waals surface area contributed by atoms with Crippen LogP contribution in [0.2, 0.25) is 0 Å². The molecule has 154 valence electrons. The summed E-state index contributed by atoms with van der Waals surface area (Å²) in [6, 6.07) is 9.77. The Hall–Kier alpha value is -2.64. The van der Waals surface area contributed by atoms with E-state index in [1.165, 1.54) is 0 Å². The Kier molecular flexibility index (Phi) is 5.82. The number of hydrogen-bond acceptors (Lipinski definition) is 4. The second-order valence-electron chi connectivity index (χ2n) is 6.68. The summed E-state index contributed by atoms with van der Waals surface area (Å²) >= 11 is 0. The molecule has 1 heterocycles. The summed E-state index contributed by atoms with van der Waals surface area (Å²) in [5, 5.41) is 8.84. The molecule has 0 spiro atoms. The van der Waals surface area contributed by atoms with E-state index in [4.69, 9.17) is 5.26 Å². The molecule has 0 bridgehead atoms. The van der Waals surface area contributed by atoms with Gasteiger partial charge in [0.1, 0.15) is 10.7 Å². The molecule has 0 unspecified atom stereocenters. The molecular weight excluding hydrogens is 410 g/mol. The standard InChI is InChI=1S/C19H17F4N3O2S/c20-17-6-3-14(19(21,22)23)11-18(17)29(27,28)25-15-7-9-26(10-8-15)16-4-1-13(12-24)2-5-16/h1-6,11,15,25H,7-10H2. The van der Waals surface area contributed by atoms with Gasteiger partial charge in [-0.2, -0.15) is 18.4 Å². The Morgan fingerprint density at radius 2 is 1.69 bits per heavy atom. The molecule has 10 heteroatoms. The highest BCUT2D eigenvalue weighted by Crippen LogP contribution is 2.31. The first kappa shape index (κ1) is 21.1. The van der Waals surface area contributed by atoms with Crippen LogP contribution in [0, 0.1) is 17.1 Å². The van der Waals surface area contributed by atoms with Crippen molar-refractivity contribution in [1.82, 2.24) is 4.72 Å². The van der Waals surface area contributed by atoms with Crippen molar-refractivity contribution in [3.63, 3.8) is 0 Å². The Bertz CT molecular complexity index is 1020. The molecule has 2 aromatic rings. The van der Waals surface area contributed by atoms with E-state index in [0.717, 1.165) is 5.69 Å². The summed E-state index contributed by atoms with van der Waals surface area (Å²) in [5.41, 5.74) is 0.184. The van der Waals surface area contributed by atoms with Crippen molar-refractivity contribution in [2.75, 3.05) is 18.0 Å². The predicted molar refractivity (Wildman–Crippen MR) is 98.1 cm³/mol. The minimum atomic E-state index is -4.77. The van der Waals surface area contributed by atoms with Gasteiger partial charge in [0.05, 0.1) is 17.2 Å². The number of nitriles is 1. The summed E-state index contributed by atoms with van der Waals surface area (Å²) < 4.78 is 79.7. The average Bonchev–Trinajstić information content (AvgIpc) is 2.67. The van der Waals surface area contributed by atoms with Crippen LogP contribution in [-0.2, 0) is 16.2 Å². The van der Waals surface area contributed by atoms with Gasteiger partial charge in [0, 0.05) is 24.8 Å². The van der Waals surface area contributed by atoms with Gasteiger partial charge in [0.2, 0.25) is 10.0 Å². The number of alkyl halides is 3. The molecule has 0 aromatic heterocycles. The van der Waals surface area contributed by atoms with Crippen molar-refractivity contribution in [2.24, 2.45) is 0 Å².